The number of para-hydroxylation sites is 1. The van der Waals surface area contributed by atoms with Gasteiger partial charge in [-0.3, -0.25) is 19.2 Å². The highest BCUT2D eigenvalue weighted by Gasteiger charge is 2.37. The van der Waals surface area contributed by atoms with E-state index in [1.165, 1.54) is 31.2 Å². The summed E-state index contributed by atoms with van der Waals surface area (Å²) in [6.45, 7) is 1.26. The normalized spacial score (nSPS) is 12.5. The van der Waals surface area contributed by atoms with Gasteiger partial charge in [-0.15, -0.1) is 0 Å². The molecule has 3 amide bonds. The van der Waals surface area contributed by atoms with Crippen molar-refractivity contribution < 1.29 is 23.9 Å². The van der Waals surface area contributed by atoms with Gasteiger partial charge in [0.1, 0.15) is 5.75 Å². The van der Waals surface area contributed by atoms with E-state index in [0.29, 0.717) is 5.69 Å². The second kappa shape index (κ2) is 8.31. The molecule has 0 spiro atoms. The summed E-state index contributed by atoms with van der Waals surface area (Å²) in [6.07, 6.45) is 0. The van der Waals surface area contributed by atoms with Crippen molar-refractivity contribution in [2.75, 3.05) is 10.2 Å². The second-order valence-electron chi connectivity index (χ2n) is 6.73. The quantitative estimate of drug-likeness (QED) is 0.237. The summed E-state index contributed by atoms with van der Waals surface area (Å²) in [5.41, 5.74) is 1.52. The number of nitrogens with one attached hydrogen (secondary N) is 1. The van der Waals surface area contributed by atoms with Gasteiger partial charge in [0.25, 0.3) is 17.7 Å². The third-order valence-corrected chi connectivity index (χ3v) is 5.55. The molecule has 0 saturated carbocycles. The van der Waals surface area contributed by atoms with Crippen LogP contribution in [0.5, 0.6) is 5.75 Å². The number of halogens is 1. The van der Waals surface area contributed by atoms with Crippen molar-refractivity contribution in [3.8, 4) is 5.75 Å². The molecular weight excluding hydrogens is 511 g/mol. The molecular formula is C23H15IN2O5. The number of hydrogen-bond acceptors (Lipinski definition) is 5. The van der Waals surface area contributed by atoms with E-state index in [-0.39, 0.29) is 34.0 Å². The van der Waals surface area contributed by atoms with Crippen molar-refractivity contribution in [1.29, 1.82) is 0 Å². The fraction of sp³-hybridized carbons (Fsp3) is 0.0435. The van der Waals surface area contributed by atoms with Crippen molar-refractivity contribution in [2.24, 2.45) is 0 Å². The number of ether oxygens (including phenoxy) is 1. The number of imide groups is 1. The zero-order chi connectivity index (χ0) is 22.1. The molecule has 1 N–H and O–H groups in total. The van der Waals surface area contributed by atoms with Gasteiger partial charge in [0, 0.05) is 22.1 Å². The molecule has 0 unspecified atom stereocenters. The molecule has 1 aliphatic heterocycles. The fourth-order valence-electron chi connectivity index (χ4n) is 3.23. The number of carbonyl (C=O) groups excluding carboxylic acids is 4. The van der Waals surface area contributed by atoms with Crippen LogP contribution < -0.4 is 15.0 Å². The maximum Gasteiger partial charge on any atom is 0.308 e. The van der Waals surface area contributed by atoms with Crippen LogP contribution in [0, 0.1) is 3.57 Å². The zero-order valence-corrected chi connectivity index (χ0v) is 18.4. The maximum atomic E-state index is 13.0. The molecule has 1 heterocycles. The number of hydrogen-bond donors (Lipinski definition) is 1. The number of amides is 3. The Labute approximate surface area is 191 Å². The summed E-state index contributed by atoms with van der Waals surface area (Å²) in [5.74, 6) is -1.74. The van der Waals surface area contributed by atoms with Crippen molar-refractivity contribution in [3.63, 3.8) is 0 Å². The number of carbonyl (C=O) groups is 4. The average Bonchev–Trinajstić information content (AvgIpc) is 2.99. The molecule has 7 nitrogen and oxygen atoms in total. The van der Waals surface area contributed by atoms with Crippen LogP contribution >= 0.6 is 22.6 Å². The van der Waals surface area contributed by atoms with Crippen LogP contribution in [0.1, 0.15) is 38.0 Å². The summed E-state index contributed by atoms with van der Waals surface area (Å²) in [5, 5.41) is 2.81. The Morgan fingerprint density at radius 3 is 2.39 bits per heavy atom. The number of rotatable bonds is 4. The highest BCUT2D eigenvalue weighted by atomic mass is 127. The smallest absolute Gasteiger partial charge is 0.308 e. The van der Waals surface area contributed by atoms with Crippen molar-refractivity contribution >= 4 is 57.7 Å². The van der Waals surface area contributed by atoms with Crippen LogP contribution in [0.15, 0.2) is 66.7 Å². The molecule has 0 saturated heterocycles. The summed E-state index contributed by atoms with van der Waals surface area (Å²) in [7, 11) is 0. The lowest BCUT2D eigenvalue weighted by Crippen LogP contribution is -2.29. The lowest BCUT2D eigenvalue weighted by molar-refractivity contribution is -0.131. The van der Waals surface area contributed by atoms with Crippen LogP contribution in [0.4, 0.5) is 11.4 Å². The van der Waals surface area contributed by atoms with Crippen LogP contribution in [0.3, 0.4) is 0 Å². The maximum absolute atomic E-state index is 13.0. The number of esters is 1. The van der Waals surface area contributed by atoms with Crippen molar-refractivity contribution in [1.82, 2.24) is 0 Å². The van der Waals surface area contributed by atoms with Gasteiger partial charge < -0.3 is 10.1 Å². The molecule has 0 aliphatic carbocycles. The number of anilines is 2. The van der Waals surface area contributed by atoms with Gasteiger partial charge in [-0.2, -0.15) is 0 Å². The van der Waals surface area contributed by atoms with Crippen LogP contribution in [0.2, 0.25) is 0 Å². The van der Waals surface area contributed by atoms with Gasteiger partial charge in [0.15, 0.2) is 0 Å². The first-order valence-electron chi connectivity index (χ1n) is 9.22. The molecule has 3 aromatic rings. The lowest BCUT2D eigenvalue weighted by atomic mass is 10.1. The highest BCUT2D eigenvalue weighted by Crippen LogP contribution is 2.31. The summed E-state index contributed by atoms with van der Waals surface area (Å²) >= 11 is 2.12. The predicted octanol–water partition coefficient (Wildman–Crippen LogP) is 4.27. The van der Waals surface area contributed by atoms with E-state index < -0.39 is 17.8 Å². The van der Waals surface area contributed by atoms with E-state index in [9.17, 15) is 19.2 Å². The van der Waals surface area contributed by atoms with Gasteiger partial charge in [-0.1, -0.05) is 18.2 Å². The standard InChI is InChI=1S/C23H15IN2O5/c1-13(27)31-16-6-4-5-15(12-16)26-22(29)17-10-9-14(11-18(17)23(26)30)21(28)25-20-8-3-2-7-19(20)24/h2-12H,1H3,(H,25,28). The van der Waals surface area contributed by atoms with Crippen LogP contribution in [0.25, 0.3) is 0 Å². The molecule has 0 aromatic heterocycles. The van der Waals surface area contributed by atoms with Gasteiger partial charge in [-0.25, -0.2) is 4.90 Å². The van der Waals surface area contributed by atoms with Crippen molar-refractivity contribution in [2.45, 2.75) is 6.92 Å². The zero-order valence-electron chi connectivity index (χ0n) is 16.2. The molecule has 0 bridgehead atoms. The minimum Gasteiger partial charge on any atom is -0.427 e. The number of benzene rings is 3. The first-order chi connectivity index (χ1) is 14.8. The van der Waals surface area contributed by atoms with Gasteiger partial charge >= 0.3 is 5.97 Å². The predicted molar refractivity (Wildman–Crippen MR) is 122 cm³/mol. The van der Waals surface area contributed by atoms with E-state index in [4.69, 9.17) is 4.74 Å². The van der Waals surface area contributed by atoms with E-state index in [1.54, 1.807) is 24.3 Å². The Morgan fingerprint density at radius 2 is 1.65 bits per heavy atom. The summed E-state index contributed by atoms with van der Waals surface area (Å²) in [4.78, 5) is 50.7. The SMILES string of the molecule is CC(=O)Oc1cccc(N2C(=O)c3ccc(C(=O)Nc4ccccc4I)cc3C2=O)c1. The summed E-state index contributed by atoms with van der Waals surface area (Å²) < 4.78 is 5.91. The van der Waals surface area contributed by atoms with E-state index in [1.807, 2.05) is 18.2 Å². The third kappa shape index (κ3) is 4.06. The Balaban J connectivity index is 1.63. The molecule has 0 atom stereocenters. The molecule has 4 rings (SSSR count). The van der Waals surface area contributed by atoms with Gasteiger partial charge in [-0.05, 0) is 65.1 Å². The van der Waals surface area contributed by atoms with Gasteiger partial charge in [0.2, 0.25) is 0 Å². The molecule has 0 fully saturated rings. The Hall–Kier alpha value is -3.53. The topological polar surface area (TPSA) is 92.8 Å². The van der Waals surface area contributed by atoms with E-state index in [0.717, 1.165) is 8.47 Å². The van der Waals surface area contributed by atoms with Crippen LogP contribution in [-0.2, 0) is 4.79 Å². The van der Waals surface area contributed by atoms with E-state index in [2.05, 4.69) is 27.9 Å². The minimum absolute atomic E-state index is 0.137. The number of fused-ring (bicyclic) bond motifs is 1. The molecule has 8 heteroatoms. The van der Waals surface area contributed by atoms with Crippen LogP contribution in [-0.4, -0.2) is 23.7 Å². The largest absolute Gasteiger partial charge is 0.427 e. The minimum atomic E-state index is -0.552. The van der Waals surface area contributed by atoms with Crippen molar-refractivity contribution in [3.05, 3.63) is 87.0 Å². The average molecular weight is 526 g/mol. The fourth-order valence-corrected chi connectivity index (χ4v) is 3.75. The molecule has 154 valence electrons. The Kier molecular flexibility index (Phi) is 5.55. The Morgan fingerprint density at radius 1 is 0.903 bits per heavy atom. The molecule has 0 radical (unpaired) electrons. The van der Waals surface area contributed by atoms with E-state index >= 15 is 0 Å². The first kappa shape index (κ1) is 20.7. The molecule has 31 heavy (non-hydrogen) atoms. The highest BCUT2D eigenvalue weighted by molar-refractivity contribution is 14.1. The molecule has 3 aromatic carbocycles. The van der Waals surface area contributed by atoms with Gasteiger partial charge in [0.05, 0.1) is 22.5 Å². The first-order valence-corrected chi connectivity index (χ1v) is 10.3. The second-order valence-corrected chi connectivity index (χ2v) is 7.89. The monoisotopic (exact) mass is 526 g/mol. The number of nitrogens with zero attached hydrogens (tertiary/aromatic N) is 1. The Bertz CT molecular complexity index is 1250. The lowest BCUT2D eigenvalue weighted by Gasteiger charge is -2.14. The molecule has 1 aliphatic rings. The summed E-state index contributed by atoms with van der Waals surface area (Å²) in [6, 6.07) is 17.8. The third-order valence-electron chi connectivity index (χ3n) is 4.61.